The molecule has 3 aromatic rings. The van der Waals surface area contributed by atoms with E-state index in [9.17, 15) is 4.79 Å². The molecule has 0 aliphatic rings. The Balaban J connectivity index is 1.53. The Labute approximate surface area is 172 Å². The van der Waals surface area contributed by atoms with Gasteiger partial charge in [-0.1, -0.05) is 23.4 Å². The van der Waals surface area contributed by atoms with Crippen LogP contribution in [0.1, 0.15) is 33.2 Å². The lowest BCUT2D eigenvalue weighted by atomic mass is 10.1. The van der Waals surface area contributed by atoms with E-state index in [1.54, 1.807) is 18.0 Å². The molecule has 0 bridgehead atoms. The number of hydrogen-bond donors (Lipinski definition) is 0. The monoisotopic (exact) mass is 443 g/mol. The number of halogens is 1. The molecule has 0 saturated carbocycles. The first-order valence-corrected chi connectivity index (χ1v) is 9.74. The maximum atomic E-state index is 12.5. The van der Waals surface area contributed by atoms with Crippen LogP contribution in [-0.4, -0.2) is 34.5 Å². The van der Waals surface area contributed by atoms with Crippen LogP contribution in [0, 0.1) is 13.8 Å². The van der Waals surface area contributed by atoms with Crippen LogP contribution in [-0.2, 0) is 13.0 Å². The van der Waals surface area contributed by atoms with Crippen molar-refractivity contribution in [3.63, 3.8) is 0 Å². The molecule has 0 N–H and O–H groups in total. The number of ether oxygens (including phenoxy) is 1. The summed E-state index contributed by atoms with van der Waals surface area (Å²) in [5.41, 5.74) is 2.90. The highest BCUT2D eigenvalue weighted by Gasteiger charge is 2.15. The standard InChI is InChI=1S/C21H22BrN3O3/c1-14-10-15(2)12-16(11-14)27-13-20-23-19(24-28-20)8-9-25(3)21(26)17-6-4-5-7-18(17)22/h4-7,10-12H,8-9,13H2,1-3H3. The van der Waals surface area contributed by atoms with Crippen molar-refractivity contribution >= 4 is 21.8 Å². The summed E-state index contributed by atoms with van der Waals surface area (Å²) in [6.45, 7) is 4.74. The lowest BCUT2D eigenvalue weighted by molar-refractivity contribution is 0.0795. The van der Waals surface area contributed by atoms with Gasteiger partial charge in [-0.15, -0.1) is 0 Å². The zero-order valence-corrected chi connectivity index (χ0v) is 17.7. The third kappa shape index (κ3) is 5.19. The predicted octanol–water partition coefficient (Wildman–Crippen LogP) is 4.34. The van der Waals surface area contributed by atoms with Crippen LogP contribution in [0.5, 0.6) is 5.75 Å². The summed E-state index contributed by atoms with van der Waals surface area (Å²) in [6, 6.07) is 13.4. The maximum Gasteiger partial charge on any atom is 0.264 e. The average molecular weight is 444 g/mol. The fraction of sp³-hybridized carbons (Fsp3) is 0.286. The van der Waals surface area contributed by atoms with Gasteiger partial charge in [0.25, 0.3) is 11.8 Å². The quantitative estimate of drug-likeness (QED) is 0.542. The number of aromatic nitrogens is 2. The van der Waals surface area contributed by atoms with Gasteiger partial charge in [0.05, 0.1) is 5.56 Å². The second kappa shape index (κ2) is 9.01. The van der Waals surface area contributed by atoms with Crippen LogP contribution < -0.4 is 4.74 Å². The zero-order chi connectivity index (χ0) is 20.1. The normalized spacial score (nSPS) is 10.7. The molecule has 7 heteroatoms. The first kappa shape index (κ1) is 20.1. The van der Waals surface area contributed by atoms with Gasteiger partial charge in [-0.2, -0.15) is 4.98 Å². The summed E-state index contributed by atoms with van der Waals surface area (Å²) in [5, 5.41) is 3.97. The highest BCUT2D eigenvalue weighted by molar-refractivity contribution is 9.10. The number of benzene rings is 2. The molecule has 0 spiro atoms. The summed E-state index contributed by atoms with van der Waals surface area (Å²) < 4.78 is 11.8. The topological polar surface area (TPSA) is 68.5 Å². The van der Waals surface area contributed by atoms with Gasteiger partial charge >= 0.3 is 0 Å². The van der Waals surface area contributed by atoms with Gasteiger partial charge in [0.2, 0.25) is 0 Å². The second-order valence-electron chi connectivity index (χ2n) is 6.67. The van der Waals surface area contributed by atoms with E-state index in [0.717, 1.165) is 21.3 Å². The van der Waals surface area contributed by atoms with E-state index in [2.05, 4.69) is 32.1 Å². The minimum Gasteiger partial charge on any atom is -0.484 e. The number of carbonyl (C=O) groups is 1. The summed E-state index contributed by atoms with van der Waals surface area (Å²) in [4.78, 5) is 18.5. The van der Waals surface area contributed by atoms with E-state index in [1.165, 1.54) is 0 Å². The van der Waals surface area contributed by atoms with Gasteiger partial charge in [-0.25, -0.2) is 0 Å². The Bertz CT molecular complexity index is 951. The van der Waals surface area contributed by atoms with E-state index in [4.69, 9.17) is 9.26 Å². The number of hydrogen-bond acceptors (Lipinski definition) is 5. The minimum absolute atomic E-state index is 0.0608. The SMILES string of the molecule is Cc1cc(C)cc(OCc2nc(CCN(C)C(=O)c3ccccc3Br)no2)c1. The summed E-state index contributed by atoms with van der Waals surface area (Å²) >= 11 is 3.41. The van der Waals surface area contributed by atoms with Crippen molar-refractivity contribution in [1.29, 1.82) is 0 Å². The first-order chi connectivity index (χ1) is 13.4. The van der Waals surface area contributed by atoms with E-state index < -0.39 is 0 Å². The molecule has 0 aliphatic carbocycles. The number of likely N-dealkylation sites (N-methyl/N-ethyl adjacent to an activating group) is 1. The van der Waals surface area contributed by atoms with Crippen molar-refractivity contribution in [3.8, 4) is 5.75 Å². The molecule has 6 nitrogen and oxygen atoms in total. The Morgan fingerprint density at radius 3 is 2.61 bits per heavy atom. The Hall–Kier alpha value is -2.67. The predicted molar refractivity (Wildman–Crippen MR) is 109 cm³/mol. The van der Waals surface area contributed by atoms with Crippen molar-refractivity contribution in [3.05, 3.63) is 75.3 Å². The van der Waals surface area contributed by atoms with Crippen LogP contribution in [0.3, 0.4) is 0 Å². The molecule has 1 amide bonds. The fourth-order valence-corrected chi connectivity index (χ4v) is 3.28. The van der Waals surface area contributed by atoms with Crippen molar-refractivity contribution < 1.29 is 14.1 Å². The van der Waals surface area contributed by atoms with Crippen LogP contribution in [0.25, 0.3) is 0 Å². The maximum absolute atomic E-state index is 12.5. The molecule has 0 saturated heterocycles. The molecule has 28 heavy (non-hydrogen) atoms. The van der Waals surface area contributed by atoms with Gasteiger partial charge < -0.3 is 14.2 Å². The number of carbonyl (C=O) groups excluding carboxylic acids is 1. The molecular weight excluding hydrogens is 422 g/mol. The zero-order valence-electron chi connectivity index (χ0n) is 16.1. The van der Waals surface area contributed by atoms with E-state index in [-0.39, 0.29) is 12.5 Å². The molecule has 1 heterocycles. The highest BCUT2D eigenvalue weighted by atomic mass is 79.9. The largest absolute Gasteiger partial charge is 0.484 e. The molecule has 146 valence electrons. The van der Waals surface area contributed by atoms with Crippen molar-refractivity contribution in [2.24, 2.45) is 0 Å². The number of rotatable bonds is 7. The molecule has 3 rings (SSSR count). The molecule has 0 atom stereocenters. The lowest BCUT2D eigenvalue weighted by Crippen LogP contribution is -2.29. The van der Waals surface area contributed by atoms with Gasteiger partial charge in [-0.3, -0.25) is 4.79 Å². The third-order valence-electron chi connectivity index (χ3n) is 4.19. The molecule has 0 unspecified atom stereocenters. The van der Waals surface area contributed by atoms with Crippen LogP contribution in [0.4, 0.5) is 0 Å². The van der Waals surface area contributed by atoms with Gasteiger partial charge in [0, 0.05) is 24.5 Å². The van der Waals surface area contributed by atoms with E-state index in [1.807, 2.05) is 44.2 Å². The molecule has 1 aromatic heterocycles. The molecular formula is C21H22BrN3O3. The lowest BCUT2D eigenvalue weighted by Gasteiger charge is -2.16. The van der Waals surface area contributed by atoms with Crippen LogP contribution in [0.15, 0.2) is 51.5 Å². The summed E-state index contributed by atoms with van der Waals surface area (Å²) in [7, 11) is 1.76. The molecule has 0 aliphatic heterocycles. The smallest absolute Gasteiger partial charge is 0.264 e. The Morgan fingerprint density at radius 1 is 1.18 bits per heavy atom. The van der Waals surface area contributed by atoms with Crippen LogP contribution >= 0.6 is 15.9 Å². The van der Waals surface area contributed by atoms with Crippen LogP contribution in [0.2, 0.25) is 0 Å². The first-order valence-electron chi connectivity index (χ1n) is 8.95. The molecule has 0 radical (unpaired) electrons. The van der Waals surface area contributed by atoms with Gasteiger partial charge in [0.15, 0.2) is 12.4 Å². The molecule has 2 aromatic carbocycles. The third-order valence-corrected chi connectivity index (χ3v) is 4.88. The van der Waals surface area contributed by atoms with Gasteiger partial charge in [0.1, 0.15) is 5.75 Å². The van der Waals surface area contributed by atoms with E-state index in [0.29, 0.717) is 30.2 Å². The summed E-state index contributed by atoms with van der Waals surface area (Å²) in [6.07, 6.45) is 0.500. The fourth-order valence-electron chi connectivity index (χ4n) is 2.82. The minimum atomic E-state index is -0.0608. The summed E-state index contributed by atoms with van der Waals surface area (Å²) in [5.74, 6) is 1.67. The number of nitrogens with zero attached hydrogens (tertiary/aromatic N) is 3. The molecule has 0 fully saturated rings. The van der Waals surface area contributed by atoms with Crippen molar-refractivity contribution in [1.82, 2.24) is 15.0 Å². The Morgan fingerprint density at radius 2 is 1.89 bits per heavy atom. The average Bonchev–Trinajstić information content (AvgIpc) is 3.11. The number of amides is 1. The van der Waals surface area contributed by atoms with Crippen molar-refractivity contribution in [2.75, 3.05) is 13.6 Å². The van der Waals surface area contributed by atoms with Gasteiger partial charge in [-0.05, 0) is 65.2 Å². The van der Waals surface area contributed by atoms with E-state index >= 15 is 0 Å². The highest BCUT2D eigenvalue weighted by Crippen LogP contribution is 2.18. The Kier molecular flexibility index (Phi) is 6.46. The van der Waals surface area contributed by atoms with Crippen molar-refractivity contribution in [2.45, 2.75) is 26.9 Å². The second-order valence-corrected chi connectivity index (χ2v) is 7.53. The number of aryl methyl sites for hydroxylation is 2.